The highest BCUT2D eigenvalue weighted by molar-refractivity contribution is 5.85. The van der Waals surface area contributed by atoms with Gasteiger partial charge in [0.1, 0.15) is 0 Å². The summed E-state index contributed by atoms with van der Waals surface area (Å²) in [6.45, 7) is 8.89. The molecule has 0 aromatic rings. The lowest BCUT2D eigenvalue weighted by atomic mass is 10.1. The van der Waals surface area contributed by atoms with Crippen molar-refractivity contribution in [2.24, 2.45) is 11.7 Å². The van der Waals surface area contributed by atoms with Gasteiger partial charge in [-0.15, -0.1) is 12.4 Å². The number of nitrogens with zero attached hydrogens (tertiary/aromatic N) is 2. The molecule has 0 radical (unpaired) electrons. The summed E-state index contributed by atoms with van der Waals surface area (Å²) < 4.78 is 0. The fraction of sp³-hybridized carbons (Fsp3) is 0.833. The molecule has 1 aliphatic rings. The third-order valence-electron chi connectivity index (χ3n) is 4.35. The number of rotatable bonds is 9. The number of carbonyl (C=O) groups excluding carboxylic acids is 3. The molecule has 0 aromatic heterocycles. The van der Waals surface area contributed by atoms with E-state index in [0.717, 1.165) is 19.3 Å². The highest BCUT2D eigenvalue weighted by atomic mass is 35.5. The molecule has 1 atom stereocenters. The Morgan fingerprint density at radius 1 is 0.923 bits per heavy atom. The summed E-state index contributed by atoms with van der Waals surface area (Å²) >= 11 is 0. The smallest absolute Gasteiger partial charge is 0.236 e. The second kappa shape index (κ2) is 12.9. The van der Waals surface area contributed by atoms with Gasteiger partial charge in [0.2, 0.25) is 17.7 Å². The lowest BCUT2D eigenvalue weighted by Crippen LogP contribution is -2.50. The van der Waals surface area contributed by atoms with E-state index in [9.17, 15) is 14.4 Å². The summed E-state index contributed by atoms with van der Waals surface area (Å²) in [4.78, 5) is 39.3. The summed E-state index contributed by atoms with van der Waals surface area (Å²) in [5, 5.41) is 2.77. The van der Waals surface area contributed by atoms with E-state index in [1.54, 1.807) is 6.92 Å². The van der Waals surface area contributed by atoms with Gasteiger partial charge in [-0.1, -0.05) is 20.3 Å². The molecule has 3 amide bonds. The number of unbranched alkanes of at least 4 members (excludes halogenated alkanes) is 2. The molecule has 1 aliphatic heterocycles. The largest absolute Gasteiger partial charge is 0.355 e. The summed E-state index contributed by atoms with van der Waals surface area (Å²) in [7, 11) is 0. The van der Waals surface area contributed by atoms with E-state index in [4.69, 9.17) is 5.73 Å². The van der Waals surface area contributed by atoms with Crippen LogP contribution in [0.15, 0.2) is 0 Å². The Bertz CT molecular complexity index is 450. The van der Waals surface area contributed by atoms with Gasteiger partial charge in [-0.25, -0.2) is 0 Å². The van der Waals surface area contributed by atoms with Crippen LogP contribution >= 0.6 is 12.4 Å². The minimum atomic E-state index is -0.479. The van der Waals surface area contributed by atoms with Crippen molar-refractivity contribution in [3.8, 4) is 0 Å². The van der Waals surface area contributed by atoms with E-state index in [1.807, 2.05) is 23.6 Å². The lowest BCUT2D eigenvalue weighted by molar-refractivity contribution is -0.140. The van der Waals surface area contributed by atoms with Crippen molar-refractivity contribution >= 4 is 30.1 Å². The fourth-order valence-corrected chi connectivity index (χ4v) is 2.79. The summed E-state index contributed by atoms with van der Waals surface area (Å²) in [5.74, 6) is 0.581. The first-order valence-electron chi connectivity index (χ1n) is 9.40. The van der Waals surface area contributed by atoms with Crippen molar-refractivity contribution in [3.63, 3.8) is 0 Å². The SMILES string of the molecule is CC(C)CC(=O)N1CCN(C(=O)CCCCCNC(=O)[C@H](C)N)CC1.Cl. The maximum atomic E-state index is 12.2. The molecular formula is C18H35ClN4O3. The van der Waals surface area contributed by atoms with Crippen molar-refractivity contribution in [2.75, 3.05) is 32.7 Å². The average molecular weight is 391 g/mol. The average Bonchev–Trinajstić information content (AvgIpc) is 2.56. The maximum absolute atomic E-state index is 12.2. The Hall–Kier alpha value is -1.34. The highest BCUT2D eigenvalue weighted by Gasteiger charge is 2.23. The lowest BCUT2D eigenvalue weighted by Gasteiger charge is -2.35. The van der Waals surface area contributed by atoms with Gasteiger partial charge in [-0.3, -0.25) is 14.4 Å². The molecule has 7 nitrogen and oxygen atoms in total. The van der Waals surface area contributed by atoms with Crippen LogP contribution in [0.1, 0.15) is 52.9 Å². The molecule has 8 heteroatoms. The molecule has 1 heterocycles. The number of piperazine rings is 1. The van der Waals surface area contributed by atoms with Crippen molar-refractivity contribution < 1.29 is 14.4 Å². The van der Waals surface area contributed by atoms with E-state index in [0.29, 0.717) is 51.5 Å². The third kappa shape index (κ3) is 9.38. The van der Waals surface area contributed by atoms with Crippen molar-refractivity contribution in [1.82, 2.24) is 15.1 Å². The zero-order chi connectivity index (χ0) is 18.8. The number of hydrogen-bond acceptors (Lipinski definition) is 4. The van der Waals surface area contributed by atoms with Crippen molar-refractivity contribution in [1.29, 1.82) is 0 Å². The molecule has 0 aliphatic carbocycles. The van der Waals surface area contributed by atoms with Gasteiger partial charge in [0.15, 0.2) is 0 Å². The molecule has 26 heavy (non-hydrogen) atoms. The fourth-order valence-electron chi connectivity index (χ4n) is 2.79. The second-order valence-corrected chi connectivity index (χ2v) is 7.25. The summed E-state index contributed by atoms with van der Waals surface area (Å²) in [6, 6.07) is -0.479. The van der Waals surface area contributed by atoms with Gasteiger partial charge >= 0.3 is 0 Å². The third-order valence-corrected chi connectivity index (χ3v) is 4.35. The minimum absolute atomic E-state index is 0. The Labute approximate surface area is 163 Å². The van der Waals surface area contributed by atoms with Gasteiger partial charge in [0, 0.05) is 45.6 Å². The molecule has 0 bridgehead atoms. The second-order valence-electron chi connectivity index (χ2n) is 7.25. The van der Waals surface area contributed by atoms with Gasteiger partial charge in [0.05, 0.1) is 6.04 Å². The maximum Gasteiger partial charge on any atom is 0.236 e. The van der Waals surface area contributed by atoms with E-state index in [-0.39, 0.29) is 30.1 Å². The molecular weight excluding hydrogens is 356 g/mol. The van der Waals surface area contributed by atoms with Crippen LogP contribution in [0.2, 0.25) is 0 Å². The first-order chi connectivity index (χ1) is 11.8. The topological polar surface area (TPSA) is 95.7 Å². The normalized spacial score (nSPS) is 15.4. The number of halogens is 1. The van der Waals surface area contributed by atoms with Crippen LogP contribution in [0.25, 0.3) is 0 Å². The van der Waals surface area contributed by atoms with Gasteiger partial charge < -0.3 is 20.9 Å². The predicted molar refractivity (Wildman–Crippen MR) is 105 cm³/mol. The first-order valence-corrected chi connectivity index (χ1v) is 9.40. The monoisotopic (exact) mass is 390 g/mol. The van der Waals surface area contributed by atoms with Crippen molar-refractivity contribution in [2.45, 2.75) is 58.9 Å². The molecule has 1 rings (SSSR count). The summed E-state index contributed by atoms with van der Waals surface area (Å²) in [6.07, 6.45) is 3.68. The predicted octanol–water partition coefficient (Wildman–Crippen LogP) is 1.15. The van der Waals surface area contributed by atoms with Crippen LogP contribution in [-0.2, 0) is 14.4 Å². The van der Waals surface area contributed by atoms with E-state index in [1.165, 1.54) is 0 Å². The molecule has 0 spiro atoms. The molecule has 0 saturated carbocycles. The van der Waals surface area contributed by atoms with Crippen molar-refractivity contribution in [3.05, 3.63) is 0 Å². The van der Waals surface area contributed by atoms with Crippen LogP contribution in [0.5, 0.6) is 0 Å². The molecule has 152 valence electrons. The van der Waals surface area contributed by atoms with Crippen LogP contribution in [-0.4, -0.2) is 66.3 Å². The molecule has 0 unspecified atom stereocenters. The quantitative estimate of drug-likeness (QED) is 0.577. The van der Waals surface area contributed by atoms with Gasteiger partial charge in [-0.2, -0.15) is 0 Å². The van der Waals surface area contributed by atoms with E-state index < -0.39 is 6.04 Å². The molecule has 3 N–H and O–H groups in total. The summed E-state index contributed by atoms with van der Waals surface area (Å²) in [5.41, 5.74) is 5.46. The number of carbonyl (C=O) groups is 3. The zero-order valence-electron chi connectivity index (χ0n) is 16.3. The van der Waals surface area contributed by atoms with Gasteiger partial charge in [-0.05, 0) is 25.7 Å². The molecule has 0 aromatic carbocycles. The van der Waals surface area contributed by atoms with E-state index >= 15 is 0 Å². The minimum Gasteiger partial charge on any atom is -0.355 e. The van der Waals surface area contributed by atoms with E-state index in [2.05, 4.69) is 5.32 Å². The Morgan fingerprint density at radius 3 is 1.96 bits per heavy atom. The Balaban J connectivity index is 0.00000625. The Morgan fingerprint density at radius 2 is 1.46 bits per heavy atom. The number of nitrogens with two attached hydrogens (primary N) is 1. The molecule has 1 saturated heterocycles. The standard InChI is InChI=1S/C18H34N4O3.ClH/c1-14(2)13-17(24)22-11-9-21(10-12-22)16(23)7-5-4-6-8-20-18(25)15(3)19;/h14-15H,4-13,19H2,1-3H3,(H,20,25);1H/t15-;/m0./s1. The highest BCUT2D eigenvalue weighted by Crippen LogP contribution is 2.10. The zero-order valence-corrected chi connectivity index (χ0v) is 17.1. The van der Waals surface area contributed by atoms with Gasteiger partial charge in [0.25, 0.3) is 0 Å². The van der Waals surface area contributed by atoms with Crippen LogP contribution in [0.4, 0.5) is 0 Å². The number of amides is 3. The van der Waals surface area contributed by atoms with Crippen LogP contribution in [0.3, 0.4) is 0 Å². The number of nitrogens with one attached hydrogen (secondary N) is 1. The Kier molecular flexibility index (Phi) is 12.3. The molecule has 1 fully saturated rings. The van der Waals surface area contributed by atoms with Crippen LogP contribution < -0.4 is 11.1 Å². The van der Waals surface area contributed by atoms with Crippen LogP contribution in [0, 0.1) is 5.92 Å². The first kappa shape index (κ1) is 24.7. The number of hydrogen-bond donors (Lipinski definition) is 2.